The van der Waals surface area contributed by atoms with Crippen LogP contribution in [0.3, 0.4) is 0 Å². The minimum Gasteiger partial charge on any atom is -0.452 e. The fourth-order valence-electron chi connectivity index (χ4n) is 3.73. The molecule has 2 amide bonds. The summed E-state index contributed by atoms with van der Waals surface area (Å²) in [6, 6.07) is 9.95. The minimum absolute atomic E-state index is 0.0774. The van der Waals surface area contributed by atoms with Crippen LogP contribution in [0, 0.1) is 6.92 Å². The monoisotopic (exact) mass is 578 g/mol. The van der Waals surface area contributed by atoms with Crippen LogP contribution < -0.4 is 10.6 Å². The summed E-state index contributed by atoms with van der Waals surface area (Å²) >= 11 is 9.51. The van der Waals surface area contributed by atoms with Gasteiger partial charge in [-0.1, -0.05) is 76.0 Å². The maximum atomic E-state index is 12.4. The molecule has 0 aromatic heterocycles. The third-order valence-corrected chi connectivity index (χ3v) is 7.21. The second-order valence-electron chi connectivity index (χ2n) is 8.87. The molecule has 2 aromatic rings. The van der Waals surface area contributed by atoms with Crippen LogP contribution in [0.4, 0.5) is 11.4 Å². The molecule has 0 radical (unpaired) electrons. The van der Waals surface area contributed by atoms with E-state index >= 15 is 0 Å². The average Bonchev–Trinajstić information content (AvgIpc) is 2.86. The van der Waals surface area contributed by atoms with Crippen LogP contribution in [-0.4, -0.2) is 24.4 Å². The van der Waals surface area contributed by atoms with Crippen LogP contribution in [0.1, 0.15) is 87.1 Å². The molecule has 6 nitrogen and oxygen atoms in total. The van der Waals surface area contributed by atoms with Gasteiger partial charge in [-0.2, -0.15) is 0 Å². The Kier molecular flexibility index (Phi) is 13.6. The smallest absolute Gasteiger partial charge is 0.338 e. The molecule has 0 atom stereocenters. The van der Waals surface area contributed by atoms with Crippen molar-refractivity contribution < 1.29 is 19.1 Å². The molecule has 0 aliphatic heterocycles. The van der Waals surface area contributed by atoms with E-state index in [1.54, 1.807) is 43.3 Å². The summed E-state index contributed by atoms with van der Waals surface area (Å²) in [5.41, 5.74) is 2.03. The van der Waals surface area contributed by atoms with E-state index < -0.39 is 18.5 Å². The molecule has 0 heterocycles. The first-order chi connectivity index (χ1) is 17.3. The largest absolute Gasteiger partial charge is 0.452 e. The van der Waals surface area contributed by atoms with E-state index in [1.165, 1.54) is 38.5 Å². The van der Waals surface area contributed by atoms with Gasteiger partial charge in [-0.25, -0.2) is 4.79 Å². The lowest BCUT2D eigenvalue weighted by Crippen LogP contribution is -2.21. The van der Waals surface area contributed by atoms with Crippen molar-refractivity contribution in [1.82, 2.24) is 0 Å². The Bertz CT molecular complexity index is 1030. The average molecular weight is 580 g/mol. The normalized spacial score (nSPS) is 10.7. The number of esters is 1. The molecule has 8 heteroatoms. The van der Waals surface area contributed by atoms with Crippen LogP contribution in [0.15, 0.2) is 40.9 Å². The van der Waals surface area contributed by atoms with Crippen LogP contribution >= 0.6 is 27.5 Å². The number of unbranched alkanes of at least 4 members (excludes halogenated alkanes) is 8. The van der Waals surface area contributed by atoms with Crippen LogP contribution in [-0.2, 0) is 14.3 Å². The third kappa shape index (κ3) is 10.7. The highest BCUT2D eigenvalue weighted by Crippen LogP contribution is 2.31. The zero-order valence-electron chi connectivity index (χ0n) is 21.1. The van der Waals surface area contributed by atoms with Gasteiger partial charge < -0.3 is 15.4 Å². The van der Waals surface area contributed by atoms with Crippen molar-refractivity contribution >= 4 is 56.7 Å². The van der Waals surface area contributed by atoms with Gasteiger partial charge in [0.15, 0.2) is 6.61 Å². The number of halogens is 2. The number of amides is 2. The highest BCUT2D eigenvalue weighted by molar-refractivity contribution is 9.10. The van der Waals surface area contributed by atoms with E-state index in [0.29, 0.717) is 28.4 Å². The molecular weight excluding hydrogens is 544 g/mol. The van der Waals surface area contributed by atoms with Crippen molar-refractivity contribution in [3.8, 4) is 0 Å². The Morgan fingerprint density at radius 3 is 2.25 bits per heavy atom. The van der Waals surface area contributed by atoms with Crippen LogP contribution in [0.25, 0.3) is 0 Å². The standard InChI is InChI=1S/C28H36BrClN2O4/c1-3-4-5-6-7-8-9-10-11-15-25(33)31-22-14-12-13-21(18-22)28(35)36-19-26(34)32-24-17-16-23(29)27(30)20(24)2/h12-14,16-18H,3-11,15,19H2,1-2H3,(H,31,33)(H,32,34). The number of hydrogen-bond donors (Lipinski definition) is 2. The number of anilines is 2. The molecule has 2 rings (SSSR count). The fourth-order valence-corrected chi connectivity index (χ4v) is 4.33. The van der Waals surface area contributed by atoms with E-state index in [1.807, 2.05) is 0 Å². The van der Waals surface area contributed by atoms with Crippen molar-refractivity contribution in [3.05, 3.63) is 57.0 Å². The second-order valence-corrected chi connectivity index (χ2v) is 10.1. The Morgan fingerprint density at radius 2 is 1.56 bits per heavy atom. The van der Waals surface area contributed by atoms with Crippen LogP contribution in [0.2, 0.25) is 5.02 Å². The maximum absolute atomic E-state index is 12.4. The summed E-state index contributed by atoms with van der Waals surface area (Å²) in [4.78, 5) is 36.9. The summed E-state index contributed by atoms with van der Waals surface area (Å²) in [5, 5.41) is 6.02. The molecule has 0 spiro atoms. The van der Waals surface area contributed by atoms with Crippen molar-refractivity contribution in [2.75, 3.05) is 17.2 Å². The van der Waals surface area contributed by atoms with Gasteiger partial charge >= 0.3 is 5.97 Å². The summed E-state index contributed by atoms with van der Waals surface area (Å²) in [6.07, 6.45) is 11.2. The number of hydrogen-bond acceptors (Lipinski definition) is 4. The molecule has 2 aromatic carbocycles. The molecule has 36 heavy (non-hydrogen) atoms. The lowest BCUT2D eigenvalue weighted by molar-refractivity contribution is -0.119. The molecule has 0 saturated heterocycles. The molecule has 0 aliphatic rings. The van der Waals surface area contributed by atoms with Gasteiger partial charge in [0.1, 0.15) is 0 Å². The van der Waals surface area contributed by atoms with Crippen molar-refractivity contribution in [3.63, 3.8) is 0 Å². The van der Waals surface area contributed by atoms with Gasteiger partial charge in [0, 0.05) is 22.3 Å². The van der Waals surface area contributed by atoms with E-state index in [9.17, 15) is 14.4 Å². The predicted molar refractivity (Wildman–Crippen MR) is 150 cm³/mol. The second kappa shape index (κ2) is 16.4. The number of rotatable bonds is 15. The van der Waals surface area contributed by atoms with Crippen LogP contribution in [0.5, 0.6) is 0 Å². The lowest BCUT2D eigenvalue weighted by atomic mass is 10.1. The van der Waals surface area contributed by atoms with E-state index in [4.69, 9.17) is 16.3 Å². The van der Waals surface area contributed by atoms with E-state index in [2.05, 4.69) is 33.5 Å². The predicted octanol–water partition coefficient (Wildman–Crippen LogP) is 8.07. The third-order valence-electron chi connectivity index (χ3n) is 5.84. The number of carbonyl (C=O) groups is 3. The Morgan fingerprint density at radius 1 is 0.889 bits per heavy atom. The summed E-state index contributed by atoms with van der Waals surface area (Å²) < 4.78 is 5.87. The number of ether oxygens (including phenoxy) is 1. The van der Waals surface area contributed by atoms with Gasteiger partial charge in [0.05, 0.1) is 10.6 Å². The Labute approximate surface area is 227 Å². The highest BCUT2D eigenvalue weighted by Gasteiger charge is 2.14. The molecule has 0 bridgehead atoms. The Hall–Kier alpha value is -2.38. The van der Waals surface area contributed by atoms with E-state index in [-0.39, 0.29) is 11.5 Å². The quantitative estimate of drug-likeness (QED) is 0.165. The molecule has 2 N–H and O–H groups in total. The summed E-state index contributed by atoms with van der Waals surface area (Å²) in [7, 11) is 0. The first-order valence-electron chi connectivity index (χ1n) is 12.6. The number of carbonyl (C=O) groups excluding carboxylic acids is 3. The molecule has 0 saturated carbocycles. The van der Waals surface area contributed by atoms with Gasteiger partial charge in [-0.15, -0.1) is 0 Å². The fraction of sp³-hybridized carbons (Fsp3) is 0.464. The molecule has 0 fully saturated rings. The molecule has 196 valence electrons. The molecular formula is C28H36BrClN2O4. The number of nitrogens with one attached hydrogen (secondary N) is 2. The SMILES string of the molecule is CCCCCCCCCCCC(=O)Nc1cccc(C(=O)OCC(=O)Nc2ccc(Br)c(Cl)c2C)c1. The number of benzene rings is 2. The first kappa shape index (κ1) is 29.8. The zero-order valence-corrected chi connectivity index (χ0v) is 23.5. The summed E-state index contributed by atoms with van der Waals surface area (Å²) in [5.74, 6) is -1.20. The molecule has 0 aliphatic carbocycles. The Balaban J connectivity index is 1.72. The molecule has 0 unspecified atom stereocenters. The first-order valence-corrected chi connectivity index (χ1v) is 13.8. The summed E-state index contributed by atoms with van der Waals surface area (Å²) in [6.45, 7) is 3.56. The van der Waals surface area contributed by atoms with E-state index in [0.717, 1.165) is 23.7 Å². The zero-order chi connectivity index (χ0) is 26.3. The van der Waals surface area contributed by atoms with Gasteiger partial charge in [-0.05, 0) is 65.2 Å². The van der Waals surface area contributed by atoms with Gasteiger partial charge in [-0.3, -0.25) is 9.59 Å². The van der Waals surface area contributed by atoms with Crippen molar-refractivity contribution in [2.45, 2.75) is 78.1 Å². The van der Waals surface area contributed by atoms with Crippen molar-refractivity contribution in [1.29, 1.82) is 0 Å². The van der Waals surface area contributed by atoms with Gasteiger partial charge in [0.2, 0.25) is 5.91 Å². The van der Waals surface area contributed by atoms with Crippen molar-refractivity contribution in [2.24, 2.45) is 0 Å². The topological polar surface area (TPSA) is 84.5 Å². The maximum Gasteiger partial charge on any atom is 0.338 e. The van der Waals surface area contributed by atoms with Gasteiger partial charge in [0.25, 0.3) is 5.91 Å². The highest BCUT2D eigenvalue weighted by atomic mass is 79.9. The minimum atomic E-state index is -0.647. The lowest BCUT2D eigenvalue weighted by Gasteiger charge is -2.11.